The van der Waals surface area contributed by atoms with Gasteiger partial charge < -0.3 is 10.6 Å². The molecule has 0 aromatic carbocycles. The molecule has 2 N–H and O–H groups in total. The topological polar surface area (TPSA) is 41.1 Å². The van der Waals surface area contributed by atoms with Crippen LogP contribution in [0, 0.1) is 0 Å². The summed E-state index contributed by atoms with van der Waals surface area (Å²) in [7, 11) is 0. The number of carbonyl (C=O) groups is 1. The van der Waals surface area contributed by atoms with Gasteiger partial charge in [0.05, 0.1) is 0 Å². The van der Waals surface area contributed by atoms with Crippen molar-refractivity contribution in [2.24, 2.45) is 0 Å². The van der Waals surface area contributed by atoms with Gasteiger partial charge in [-0.05, 0) is 50.6 Å². The van der Waals surface area contributed by atoms with Crippen molar-refractivity contribution in [3.63, 3.8) is 0 Å². The molecule has 0 aliphatic carbocycles. The van der Waals surface area contributed by atoms with Gasteiger partial charge >= 0.3 is 0 Å². The summed E-state index contributed by atoms with van der Waals surface area (Å²) >= 11 is 1.77. The molecule has 0 bridgehead atoms. The first-order valence-corrected chi connectivity index (χ1v) is 7.67. The Labute approximate surface area is 125 Å². The predicted molar refractivity (Wildman–Crippen MR) is 83.1 cm³/mol. The van der Waals surface area contributed by atoms with Crippen molar-refractivity contribution in [2.45, 2.75) is 51.1 Å². The van der Waals surface area contributed by atoms with Gasteiger partial charge in [0.2, 0.25) is 5.91 Å². The largest absolute Gasteiger partial charge is 0.353 e. The molecule has 1 aromatic heterocycles. The van der Waals surface area contributed by atoms with Gasteiger partial charge in [0.25, 0.3) is 0 Å². The van der Waals surface area contributed by atoms with Crippen LogP contribution < -0.4 is 10.6 Å². The molecule has 0 radical (unpaired) electrons. The van der Waals surface area contributed by atoms with Crippen LogP contribution in [0.25, 0.3) is 0 Å². The lowest BCUT2D eigenvalue weighted by Gasteiger charge is -2.28. The second kappa shape index (κ2) is 8.56. The van der Waals surface area contributed by atoms with Crippen LogP contribution in [0.5, 0.6) is 0 Å². The van der Waals surface area contributed by atoms with Crippen molar-refractivity contribution in [1.82, 2.24) is 10.6 Å². The van der Waals surface area contributed by atoms with E-state index in [2.05, 4.69) is 35.1 Å². The fourth-order valence-electron chi connectivity index (χ4n) is 2.44. The predicted octanol–water partition coefficient (Wildman–Crippen LogP) is 2.75. The van der Waals surface area contributed by atoms with Gasteiger partial charge in [0.1, 0.15) is 0 Å². The van der Waals surface area contributed by atoms with Crippen LogP contribution in [0.15, 0.2) is 17.5 Å². The van der Waals surface area contributed by atoms with Gasteiger partial charge in [-0.1, -0.05) is 6.07 Å². The number of carbonyl (C=O) groups excluding carboxylic acids is 1. The van der Waals surface area contributed by atoms with Crippen LogP contribution in [-0.2, 0) is 11.2 Å². The Hall–Kier alpha value is -0.580. The Bertz CT molecular complexity index is 370. The first kappa shape index (κ1) is 16.5. The molecule has 2 rings (SSSR count). The van der Waals surface area contributed by atoms with Gasteiger partial charge in [-0.2, -0.15) is 0 Å². The monoisotopic (exact) mass is 302 g/mol. The average molecular weight is 303 g/mol. The molecule has 1 fully saturated rings. The second-order valence-electron chi connectivity index (χ2n) is 5.08. The van der Waals surface area contributed by atoms with E-state index in [1.54, 1.807) is 11.3 Å². The highest BCUT2D eigenvalue weighted by Gasteiger charge is 2.19. The van der Waals surface area contributed by atoms with Crippen LogP contribution in [0.3, 0.4) is 0 Å². The van der Waals surface area contributed by atoms with E-state index in [-0.39, 0.29) is 18.3 Å². The van der Waals surface area contributed by atoms with Crippen molar-refractivity contribution in [1.29, 1.82) is 0 Å². The Morgan fingerprint density at radius 3 is 3.11 bits per heavy atom. The molecule has 1 aromatic rings. The smallest absolute Gasteiger partial charge is 0.220 e. The normalized spacial score (nSPS) is 22.6. The summed E-state index contributed by atoms with van der Waals surface area (Å²) in [6, 6.07) is 5.10. The van der Waals surface area contributed by atoms with Crippen molar-refractivity contribution in [2.75, 3.05) is 6.54 Å². The number of hydrogen-bond donors (Lipinski definition) is 2. The third kappa shape index (κ3) is 5.93. The highest BCUT2D eigenvalue weighted by molar-refractivity contribution is 7.09. The quantitative estimate of drug-likeness (QED) is 0.878. The fraction of sp³-hybridized carbons (Fsp3) is 0.643. The van der Waals surface area contributed by atoms with Crippen LogP contribution in [-0.4, -0.2) is 24.5 Å². The van der Waals surface area contributed by atoms with Gasteiger partial charge in [0, 0.05) is 23.4 Å². The third-order valence-electron chi connectivity index (χ3n) is 3.40. The Balaban J connectivity index is 0.00000180. The van der Waals surface area contributed by atoms with E-state index in [4.69, 9.17) is 0 Å². The van der Waals surface area contributed by atoms with Crippen LogP contribution in [0.2, 0.25) is 0 Å². The van der Waals surface area contributed by atoms with E-state index in [0.717, 1.165) is 32.2 Å². The molecule has 1 aliphatic rings. The van der Waals surface area contributed by atoms with Crippen LogP contribution >= 0.6 is 23.7 Å². The maximum atomic E-state index is 11.8. The molecular formula is C14H23ClN2OS. The lowest BCUT2D eigenvalue weighted by molar-refractivity contribution is -0.122. The number of thiophene rings is 1. The lowest BCUT2D eigenvalue weighted by Crippen LogP contribution is -2.46. The summed E-state index contributed by atoms with van der Waals surface area (Å²) in [5.41, 5.74) is 0. The number of hydrogen-bond acceptors (Lipinski definition) is 3. The minimum absolute atomic E-state index is 0. The average Bonchev–Trinajstić information content (AvgIpc) is 2.82. The Kier molecular flexibility index (Phi) is 7.42. The fourth-order valence-corrected chi connectivity index (χ4v) is 3.19. The Morgan fingerprint density at radius 1 is 1.58 bits per heavy atom. The molecule has 1 aliphatic heterocycles. The van der Waals surface area contributed by atoms with Gasteiger partial charge in [-0.3, -0.25) is 4.79 Å². The lowest BCUT2D eigenvalue weighted by atomic mass is 10.0. The molecule has 108 valence electrons. The van der Waals surface area contributed by atoms with Crippen LogP contribution in [0.4, 0.5) is 0 Å². The Morgan fingerprint density at radius 2 is 2.42 bits per heavy atom. The van der Waals surface area contributed by atoms with Gasteiger partial charge in [-0.15, -0.1) is 23.7 Å². The number of nitrogens with one attached hydrogen (secondary N) is 2. The number of amides is 1. The summed E-state index contributed by atoms with van der Waals surface area (Å²) in [6.45, 7) is 3.19. The summed E-state index contributed by atoms with van der Waals surface area (Å²) in [4.78, 5) is 13.2. The minimum atomic E-state index is 0. The third-order valence-corrected chi connectivity index (χ3v) is 4.33. The first-order chi connectivity index (χ1) is 8.74. The summed E-state index contributed by atoms with van der Waals surface area (Å²) in [5, 5.41) is 8.64. The van der Waals surface area contributed by atoms with E-state index < -0.39 is 0 Å². The maximum absolute atomic E-state index is 11.8. The summed E-state index contributed by atoms with van der Waals surface area (Å²) in [5.74, 6) is 0.214. The zero-order valence-electron chi connectivity index (χ0n) is 11.4. The summed E-state index contributed by atoms with van der Waals surface area (Å²) < 4.78 is 0. The highest BCUT2D eigenvalue weighted by atomic mass is 35.5. The van der Waals surface area contributed by atoms with E-state index >= 15 is 0 Å². The zero-order valence-corrected chi connectivity index (χ0v) is 13.0. The van der Waals surface area contributed by atoms with E-state index in [1.807, 2.05) is 0 Å². The summed E-state index contributed by atoms with van der Waals surface area (Å²) in [6.07, 6.45) is 4.73. The molecule has 2 heterocycles. The molecular weight excluding hydrogens is 280 g/mol. The number of rotatable bonds is 5. The molecule has 3 nitrogen and oxygen atoms in total. The molecule has 0 saturated carbocycles. The van der Waals surface area contributed by atoms with Crippen molar-refractivity contribution >= 4 is 29.7 Å². The number of piperidine rings is 1. The molecule has 0 spiro atoms. The van der Waals surface area contributed by atoms with E-state index in [9.17, 15) is 4.79 Å². The van der Waals surface area contributed by atoms with Crippen molar-refractivity contribution in [3.05, 3.63) is 22.4 Å². The standard InChI is InChI=1S/C14H22N2OS.ClH/c1-11-10-12(7-8-15-11)16-14(17)6-2-4-13-5-3-9-18-13;/h3,5,9,11-12,15H,2,4,6-8,10H2,1H3,(H,16,17);1H. The number of aryl methyl sites for hydroxylation is 1. The molecule has 2 atom stereocenters. The molecule has 1 amide bonds. The van der Waals surface area contributed by atoms with Crippen molar-refractivity contribution in [3.8, 4) is 0 Å². The van der Waals surface area contributed by atoms with Crippen LogP contribution in [0.1, 0.15) is 37.5 Å². The SMILES string of the molecule is CC1CC(NC(=O)CCCc2cccs2)CCN1.Cl. The van der Waals surface area contributed by atoms with Crippen molar-refractivity contribution < 1.29 is 4.79 Å². The molecule has 2 unspecified atom stereocenters. The first-order valence-electron chi connectivity index (χ1n) is 6.79. The van der Waals surface area contributed by atoms with Gasteiger partial charge in [-0.25, -0.2) is 0 Å². The highest BCUT2D eigenvalue weighted by Crippen LogP contribution is 2.12. The minimum Gasteiger partial charge on any atom is -0.353 e. The molecule has 5 heteroatoms. The zero-order chi connectivity index (χ0) is 12.8. The molecule has 19 heavy (non-hydrogen) atoms. The van der Waals surface area contributed by atoms with E-state index in [0.29, 0.717) is 18.5 Å². The maximum Gasteiger partial charge on any atom is 0.220 e. The second-order valence-corrected chi connectivity index (χ2v) is 6.11. The van der Waals surface area contributed by atoms with E-state index in [1.165, 1.54) is 4.88 Å². The molecule has 1 saturated heterocycles. The number of halogens is 1. The van der Waals surface area contributed by atoms with Gasteiger partial charge in [0.15, 0.2) is 0 Å².